The molecule has 0 aliphatic heterocycles. The summed E-state index contributed by atoms with van der Waals surface area (Å²) in [5.74, 6) is 0. The number of hydrogen-bond donors (Lipinski definition) is 1. The molecule has 0 rings (SSSR count). The predicted octanol–water partition coefficient (Wildman–Crippen LogP) is 0.469. The van der Waals surface area contributed by atoms with Crippen LogP contribution in [0.15, 0.2) is 10.1 Å². The number of aliphatic imine (C=N–C) groups is 1. The molecule has 0 bridgehead atoms. The summed E-state index contributed by atoms with van der Waals surface area (Å²) in [6, 6.07) is 0. The molecule has 0 atom stereocenters. The molecule has 0 aromatic rings. The van der Waals surface area contributed by atoms with Gasteiger partial charge in [0.2, 0.25) is 0 Å². The molecule has 4 heteroatoms. The Labute approximate surface area is 67.2 Å². The Kier molecular flexibility index (Phi) is 5.37. The molecule has 1 N–H and O–H groups in total. The summed E-state index contributed by atoms with van der Waals surface area (Å²) in [6.07, 6.45) is 1.33. The first-order valence-corrected chi connectivity index (χ1v) is 3.50. The minimum atomic E-state index is 0.741. The van der Waals surface area contributed by atoms with Crippen LogP contribution >= 0.6 is 0 Å². The molecule has 0 unspecified atom stereocenters. The van der Waals surface area contributed by atoms with Crippen LogP contribution in [0.1, 0.15) is 6.92 Å². The molecule has 0 radical (unpaired) electrons. The van der Waals surface area contributed by atoms with E-state index in [2.05, 4.69) is 10.1 Å². The monoisotopic (exact) mass is 157 g/mol. The molecule has 0 amide bonds. The highest BCUT2D eigenvalue weighted by Gasteiger charge is 1.87. The van der Waals surface area contributed by atoms with E-state index >= 15 is 0 Å². The summed E-state index contributed by atoms with van der Waals surface area (Å²) in [5, 5.41) is 11.0. The molecule has 0 aromatic heterocycles. The fourth-order valence-corrected chi connectivity index (χ4v) is 0.551. The van der Waals surface area contributed by atoms with Crippen molar-refractivity contribution in [3.8, 4) is 0 Å². The van der Waals surface area contributed by atoms with Gasteiger partial charge in [0.1, 0.15) is 0 Å². The van der Waals surface area contributed by atoms with Crippen LogP contribution < -0.4 is 0 Å². The van der Waals surface area contributed by atoms with Crippen molar-refractivity contribution in [2.75, 3.05) is 27.2 Å². The lowest BCUT2D eigenvalue weighted by Gasteiger charge is -2.05. The predicted molar refractivity (Wildman–Crippen MR) is 46.8 cm³/mol. The summed E-state index contributed by atoms with van der Waals surface area (Å²) >= 11 is 0. The molecule has 0 saturated heterocycles. The molecule has 0 aliphatic carbocycles. The third kappa shape index (κ3) is 6.99. The normalized spacial score (nSPS) is 13.3. The van der Waals surface area contributed by atoms with Crippen molar-refractivity contribution in [1.29, 1.82) is 0 Å². The second-order valence-electron chi connectivity index (χ2n) is 2.57. The quantitative estimate of drug-likeness (QED) is 0.366. The fraction of sp³-hybridized carbons (Fsp3) is 0.714. The van der Waals surface area contributed by atoms with E-state index in [1.807, 2.05) is 19.0 Å². The lowest BCUT2D eigenvalue weighted by molar-refractivity contribution is 0.322. The van der Waals surface area contributed by atoms with Gasteiger partial charge in [-0.25, -0.2) is 0 Å². The highest BCUT2D eigenvalue weighted by molar-refractivity contribution is 6.29. The van der Waals surface area contributed by atoms with E-state index < -0.39 is 0 Å². The van der Waals surface area contributed by atoms with Crippen molar-refractivity contribution in [3.05, 3.63) is 0 Å². The Morgan fingerprint density at radius 2 is 2.18 bits per heavy atom. The van der Waals surface area contributed by atoms with Crippen molar-refractivity contribution in [1.82, 2.24) is 4.90 Å². The number of hydrogen-bond acceptors (Lipinski definition) is 4. The van der Waals surface area contributed by atoms with Gasteiger partial charge in [0.15, 0.2) is 0 Å². The largest absolute Gasteiger partial charge is 0.411 e. The van der Waals surface area contributed by atoms with Crippen LogP contribution in [0.4, 0.5) is 0 Å². The van der Waals surface area contributed by atoms with Gasteiger partial charge in [-0.3, -0.25) is 4.99 Å². The summed E-state index contributed by atoms with van der Waals surface area (Å²) in [5.41, 5.74) is 0.745. The summed E-state index contributed by atoms with van der Waals surface area (Å²) < 4.78 is 0. The van der Waals surface area contributed by atoms with Crippen molar-refractivity contribution >= 4 is 11.9 Å². The van der Waals surface area contributed by atoms with Crippen molar-refractivity contribution < 1.29 is 5.21 Å². The zero-order chi connectivity index (χ0) is 8.69. The van der Waals surface area contributed by atoms with E-state index in [1.54, 1.807) is 6.92 Å². The van der Waals surface area contributed by atoms with Gasteiger partial charge in [0.25, 0.3) is 0 Å². The van der Waals surface area contributed by atoms with Gasteiger partial charge in [-0.15, -0.1) is 0 Å². The maximum atomic E-state index is 8.12. The topological polar surface area (TPSA) is 48.2 Å². The van der Waals surface area contributed by atoms with E-state index in [9.17, 15) is 0 Å². The number of rotatable bonds is 4. The Morgan fingerprint density at radius 1 is 1.55 bits per heavy atom. The first-order chi connectivity index (χ1) is 5.16. The highest BCUT2D eigenvalue weighted by atomic mass is 16.4. The summed E-state index contributed by atoms with van der Waals surface area (Å²) in [6.45, 7) is 3.46. The number of nitrogens with zero attached hydrogens (tertiary/aromatic N) is 3. The van der Waals surface area contributed by atoms with Gasteiger partial charge >= 0.3 is 0 Å². The Morgan fingerprint density at radius 3 is 2.64 bits per heavy atom. The maximum absolute atomic E-state index is 8.12. The summed E-state index contributed by atoms with van der Waals surface area (Å²) in [4.78, 5) is 6.17. The summed E-state index contributed by atoms with van der Waals surface area (Å²) in [7, 11) is 3.98. The van der Waals surface area contributed by atoms with Gasteiger partial charge < -0.3 is 10.1 Å². The van der Waals surface area contributed by atoms with Gasteiger partial charge in [-0.05, 0) is 21.0 Å². The molecule has 0 saturated carbocycles. The molecule has 4 nitrogen and oxygen atoms in total. The third-order valence-electron chi connectivity index (χ3n) is 1.15. The van der Waals surface area contributed by atoms with E-state index in [1.165, 1.54) is 6.21 Å². The molecule has 0 heterocycles. The van der Waals surface area contributed by atoms with Crippen LogP contribution in [0.25, 0.3) is 0 Å². The second kappa shape index (κ2) is 5.85. The first-order valence-electron chi connectivity index (χ1n) is 3.50. The number of oxime groups is 1. The van der Waals surface area contributed by atoms with Crippen LogP contribution in [0.3, 0.4) is 0 Å². The molecular formula is C7H15N3O. The van der Waals surface area contributed by atoms with Crippen LogP contribution in [-0.4, -0.2) is 49.2 Å². The van der Waals surface area contributed by atoms with Gasteiger partial charge in [0, 0.05) is 6.54 Å². The molecule has 0 spiro atoms. The smallest absolute Gasteiger partial charge is 0.0868 e. The van der Waals surface area contributed by atoms with Gasteiger partial charge in [-0.1, -0.05) is 5.16 Å². The molecule has 0 aromatic carbocycles. The first kappa shape index (κ1) is 10.1. The van der Waals surface area contributed by atoms with E-state index in [0.29, 0.717) is 0 Å². The Bertz CT molecular complexity index is 152. The third-order valence-corrected chi connectivity index (χ3v) is 1.15. The minimum Gasteiger partial charge on any atom is -0.411 e. The number of likely N-dealkylation sites (N-methyl/N-ethyl adjacent to an activating group) is 1. The van der Waals surface area contributed by atoms with Crippen molar-refractivity contribution in [2.45, 2.75) is 6.92 Å². The Hall–Kier alpha value is -0.900. The van der Waals surface area contributed by atoms with Crippen LogP contribution in [0, 0.1) is 0 Å². The average molecular weight is 157 g/mol. The van der Waals surface area contributed by atoms with Gasteiger partial charge in [-0.2, -0.15) is 0 Å². The van der Waals surface area contributed by atoms with Crippen LogP contribution in [0.2, 0.25) is 0 Å². The van der Waals surface area contributed by atoms with E-state index in [-0.39, 0.29) is 0 Å². The lowest BCUT2D eigenvalue weighted by atomic mass is 10.4. The van der Waals surface area contributed by atoms with Gasteiger partial charge in [0.05, 0.1) is 18.5 Å². The van der Waals surface area contributed by atoms with Crippen LogP contribution in [-0.2, 0) is 0 Å². The SMILES string of the molecule is CC(C=NO)=NCCN(C)C. The molecule has 0 fully saturated rings. The zero-order valence-electron chi connectivity index (χ0n) is 7.28. The maximum Gasteiger partial charge on any atom is 0.0868 e. The highest BCUT2D eigenvalue weighted by Crippen LogP contribution is 1.78. The second-order valence-corrected chi connectivity index (χ2v) is 2.57. The minimum absolute atomic E-state index is 0.741. The van der Waals surface area contributed by atoms with E-state index in [0.717, 1.165) is 18.8 Å². The molecule has 64 valence electrons. The molecule has 11 heavy (non-hydrogen) atoms. The van der Waals surface area contributed by atoms with E-state index in [4.69, 9.17) is 5.21 Å². The van der Waals surface area contributed by atoms with Crippen molar-refractivity contribution in [3.63, 3.8) is 0 Å². The van der Waals surface area contributed by atoms with Crippen molar-refractivity contribution in [2.24, 2.45) is 10.1 Å². The average Bonchev–Trinajstić information content (AvgIpc) is 1.87. The van der Waals surface area contributed by atoms with Crippen LogP contribution in [0.5, 0.6) is 0 Å². The fourth-order valence-electron chi connectivity index (χ4n) is 0.551. The Balaban J connectivity index is 3.56. The molecular weight excluding hydrogens is 142 g/mol. The zero-order valence-corrected chi connectivity index (χ0v) is 7.28. The molecule has 0 aliphatic rings. The standard InChI is InChI=1S/C7H15N3O/c1-7(6-9-11)8-4-5-10(2)3/h6,11H,4-5H2,1-3H3. The lowest BCUT2D eigenvalue weighted by Crippen LogP contribution is -2.16.